The smallest absolute Gasteiger partial charge is 0.179 e. The summed E-state index contributed by atoms with van der Waals surface area (Å²) >= 11 is 6.30. The maximum Gasteiger partial charge on any atom is 0.179 e. The molecule has 0 saturated carbocycles. The molecule has 0 unspecified atom stereocenters. The van der Waals surface area contributed by atoms with Gasteiger partial charge >= 0.3 is 0 Å². The molecule has 19 heavy (non-hydrogen) atoms. The number of hydrogen-bond acceptors (Lipinski definition) is 3. The first kappa shape index (κ1) is 16.1. The Morgan fingerprint density at radius 2 is 1.95 bits per heavy atom. The molecule has 0 saturated heterocycles. The Hall–Kier alpha value is -0.930. The molecule has 1 N–H and O–H groups in total. The molecule has 0 aromatic heterocycles. The minimum Gasteiger partial charge on any atom is -0.490 e. The van der Waals surface area contributed by atoms with Gasteiger partial charge in [-0.15, -0.1) is 0 Å². The van der Waals surface area contributed by atoms with E-state index in [0.717, 1.165) is 24.4 Å². The number of benzene rings is 1. The molecule has 1 rings (SSSR count). The van der Waals surface area contributed by atoms with Crippen molar-refractivity contribution in [2.75, 3.05) is 19.8 Å². The molecule has 0 aliphatic heterocycles. The Labute approximate surface area is 121 Å². The van der Waals surface area contributed by atoms with Gasteiger partial charge in [0.1, 0.15) is 0 Å². The Bertz CT molecular complexity index is 394. The van der Waals surface area contributed by atoms with E-state index in [9.17, 15) is 0 Å². The molecule has 1 aromatic carbocycles. The predicted molar refractivity (Wildman–Crippen MR) is 80.3 cm³/mol. The van der Waals surface area contributed by atoms with Crippen molar-refractivity contribution in [2.24, 2.45) is 5.92 Å². The van der Waals surface area contributed by atoms with E-state index < -0.39 is 0 Å². The van der Waals surface area contributed by atoms with Crippen molar-refractivity contribution in [1.82, 2.24) is 5.32 Å². The summed E-state index contributed by atoms with van der Waals surface area (Å²) in [6.07, 6.45) is 0. The predicted octanol–water partition coefficient (Wildman–Crippen LogP) is 3.88. The van der Waals surface area contributed by atoms with Crippen LogP contribution in [0.25, 0.3) is 0 Å². The van der Waals surface area contributed by atoms with E-state index in [1.165, 1.54) is 0 Å². The third kappa shape index (κ3) is 5.29. The van der Waals surface area contributed by atoms with Crippen molar-refractivity contribution >= 4 is 11.6 Å². The molecular formula is C15H24ClNO2. The molecule has 0 fully saturated rings. The normalized spacial score (nSPS) is 10.8. The van der Waals surface area contributed by atoms with Gasteiger partial charge in [0.2, 0.25) is 0 Å². The fourth-order valence-corrected chi connectivity index (χ4v) is 1.93. The molecule has 0 bridgehead atoms. The second kappa shape index (κ2) is 8.28. The molecule has 0 heterocycles. The zero-order valence-corrected chi connectivity index (χ0v) is 13.0. The third-order valence-electron chi connectivity index (χ3n) is 2.51. The largest absolute Gasteiger partial charge is 0.490 e. The summed E-state index contributed by atoms with van der Waals surface area (Å²) in [4.78, 5) is 0. The molecule has 108 valence electrons. The second-order valence-corrected chi connectivity index (χ2v) is 5.23. The first-order valence-electron chi connectivity index (χ1n) is 6.87. The van der Waals surface area contributed by atoms with E-state index in [2.05, 4.69) is 26.1 Å². The lowest BCUT2D eigenvalue weighted by Crippen LogP contribution is -2.12. The summed E-state index contributed by atoms with van der Waals surface area (Å²) in [7, 11) is 0. The highest BCUT2D eigenvalue weighted by atomic mass is 35.5. The molecule has 0 radical (unpaired) electrons. The molecule has 0 spiro atoms. The summed E-state index contributed by atoms with van der Waals surface area (Å²) < 4.78 is 11.4. The summed E-state index contributed by atoms with van der Waals surface area (Å²) in [6, 6.07) is 3.93. The highest BCUT2D eigenvalue weighted by Crippen LogP contribution is 2.37. The van der Waals surface area contributed by atoms with Crippen LogP contribution in [-0.2, 0) is 6.54 Å². The summed E-state index contributed by atoms with van der Waals surface area (Å²) in [6.45, 7) is 11.2. The number of hydrogen-bond donors (Lipinski definition) is 1. The lowest BCUT2D eigenvalue weighted by Gasteiger charge is -2.16. The van der Waals surface area contributed by atoms with Crippen LogP contribution in [0.1, 0.15) is 33.3 Å². The number of rotatable bonds is 8. The first-order valence-corrected chi connectivity index (χ1v) is 7.25. The van der Waals surface area contributed by atoms with Gasteiger partial charge < -0.3 is 14.8 Å². The van der Waals surface area contributed by atoms with Crippen molar-refractivity contribution in [3.05, 3.63) is 22.7 Å². The molecule has 4 heteroatoms. The summed E-state index contributed by atoms with van der Waals surface area (Å²) in [5.41, 5.74) is 1.10. The minimum atomic E-state index is 0.451. The van der Waals surface area contributed by atoms with Gasteiger partial charge in [0, 0.05) is 6.54 Å². The Kier molecular flexibility index (Phi) is 7.03. The van der Waals surface area contributed by atoms with Crippen LogP contribution in [0.2, 0.25) is 5.02 Å². The third-order valence-corrected chi connectivity index (χ3v) is 2.79. The van der Waals surface area contributed by atoms with Crippen LogP contribution >= 0.6 is 11.6 Å². The van der Waals surface area contributed by atoms with Crippen molar-refractivity contribution in [3.63, 3.8) is 0 Å². The Morgan fingerprint density at radius 1 is 1.21 bits per heavy atom. The Morgan fingerprint density at radius 3 is 2.53 bits per heavy atom. The van der Waals surface area contributed by atoms with Crippen LogP contribution in [0.15, 0.2) is 12.1 Å². The molecule has 0 aliphatic rings. The molecular weight excluding hydrogens is 262 g/mol. The van der Waals surface area contributed by atoms with Crippen molar-refractivity contribution < 1.29 is 9.47 Å². The molecule has 1 aromatic rings. The van der Waals surface area contributed by atoms with Crippen LogP contribution in [0.5, 0.6) is 11.5 Å². The van der Waals surface area contributed by atoms with Gasteiger partial charge in [0.25, 0.3) is 0 Å². The zero-order chi connectivity index (χ0) is 14.3. The van der Waals surface area contributed by atoms with Gasteiger partial charge in [-0.25, -0.2) is 0 Å². The number of nitrogens with one attached hydrogen (secondary N) is 1. The van der Waals surface area contributed by atoms with Crippen molar-refractivity contribution in [1.29, 1.82) is 0 Å². The number of halogens is 1. The van der Waals surface area contributed by atoms with Crippen LogP contribution in [0.4, 0.5) is 0 Å². The van der Waals surface area contributed by atoms with Gasteiger partial charge in [-0.3, -0.25) is 0 Å². The highest BCUT2D eigenvalue weighted by molar-refractivity contribution is 6.32. The average molecular weight is 286 g/mol. The molecule has 0 amide bonds. The lowest BCUT2D eigenvalue weighted by atomic mass is 10.2. The quantitative estimate of drug-likeness (QED) is 0.786. The fraction of sp³-hybridized carbons (Fsp3) is 0.600. The maximum absolute atomic E-state index is 6.30. The van der Waals surface area contributed by atoms with E-state index in [4.69, 9.17) is 21.1 Å². The highest BCUT2D eigenvalue weighted by Gasteiger charge is 2.13. The van der Waals surface area contributed by atoms with Crippen LogP contribution < -0.4 is 14.8 Å². The monoisotopic (exact) mass is 285 g/mol. The van der Waals surface area contributed by atoms with E-state index in [1.807, 2.05) is 19.1 Å². The van der Waals surface area contributed by atoms with E-state index in [0.29, 0.717) is 29.9 Å². The summed E-state index contributed by atoms with van der Waals surface area (Å²) in [5, 5.41) is 3.89. The first-order chi connectivity index (χ1) is 9.08. The number of ether oxygens (including phenoxy) is 2. The van der Waals surface area contributed by atoms with Gasteiger partial charge in [0.05, 0.1) is 18.2 Å². The zero-order valence-electron chi connectivity index (χ0n) is 12.3. The summed E-state index contributed by atoms with van der Waals surface area (Å²) in [5.74, 6) is 1.83. The van der Waals surface area contributed by atoms with Gasteiger partial charge in [-0.2, -0.15) is 0 Å². The Balaban J connectivity index is 2.93. The van der Waals surface area contributed by atoms with Crippen molar-refractivity contribution in [3.8, 4) is 11.5 Å². The van der Waals surface area contributed by atoms with Gasteiger partial charge in [-0.05, 0) is 37.1 Å². The van der Waals surface area contributed by atoms with Crippen LogP contribution in [-0.4, -0.2) is 19.8 Å². The fourth-order valence-electron chi connectivity index (χ4n) is 1.65. The SMILES string of the molecule is CCNCc1cc(Cl)c(OCC(C)C)c(OCC)c1. The lowest BCUT2D eigenvalue weighted by molar-refractivity contribution is 0.248. The van der Waals surface area contributed by atoms with Gasteiger partial charge in [0.15, 0.2) is 11.5 Å². The topological polar surface area (TPSA) is 30.5 Å². The van der Waals surface area contributed by atoms with Crippen molar-refractivity contribution in [2.45, 2.75) is 34.2 Å². The van der Waals surface area contributed by atoms with Gasteiger partial charge in [-0.1, -0.05) is 32.4 Å². The van der Waals surface area contributed by atoms with E-state index in [1.54, 1.807) is 0 Å². The molecule has 3 nitrogen and oxygen atoms in total. The van der Waals surface area contributed by atoms with Crippen LogP contribution in [0.3, 0.4) is 0 Å². The van der Waals surface area contributed by atoms with Crippen LogP contribution in [0, 0.1) is 5.92 Å². The molecule has 0 aliphatic carbocycles. The average Bonchev–Trinajstić information content (AvgIpc) is 2.35. The van der Waals surface area contributed by atoms with E-state index in [-0.39, 0.29) is 0 Å². The minimum absolute atomic E-state index is 0.451. The molecule has 0 atom stereocenters. The standard InChI is InChI=1S/C15H24ClNO2/c1-5-17-9-12-7-13(16)15(19-10-11(3)4)14(8-12)18-6-2/h7-8,11,17H,5-6,9-10H2,1-4H3. The van der Waals surface area contributed by atoms with E-state index >= 15 is 0 Å². The second-order valence-electron chi connectivity index (χ2n) is 4.82. The maximum atomic E-state index is 6.30.